The number of carbonyl (C=O) groups is 11. The Bertz CT molecular complexity index is 2840. The van der Waals surface area contributed by atoms with Crippen molar-refractivity contribution in [3.05, 3.63) is 65.7 Å². The van der Waals surface area contributed by atoms with Gasteiger partial charge in [0.25, 0.3) is 5.97 Å². The van der Waals surface area contributed by atoms with E-state index < -0.39 is 132 Å². The van der Waals surface area contributed by atoms with E-state index in [1.807, 2.05) is 0 Å². The smallest absolute Gasteiger partial charge is 0.326 e. The van der Waals surface area contributed by atoms with Gasteiger partial charge in [-0.2, -0.15) is 0 Å². The zero-order chi connectivity index (χ0) is 69.0. The molecule has 33 nitrogen and oxygen atoms in total. The molecule has 0 radical (unpaired) electrons. The first-order chi connectivity index (χ1) is 43.4. The second kappa shape index (κ2) is 41.5. The fourth-order valence-electron chi connectivity index (χ4n) is 9.35. The number of hydrogen-bond donors (Lipinski definition) is 18. The van der Waals surface area contributed by atoms with Gasteiger partial charge < -0.3 is 103 Å². The highest BCUT2D eigenvalue weighted by atomic mass is 16.4. The molecule has 1 heterocycles. The number of aromatic hydroxyl groups is 1. The predicted octanol–water partition coefficient (Wildman–Crippen LogP) is -3.93. The Balaban J connectivity index is 0.00000699. The number of aliphatic carboxylic acids is 2. The van der Waals surface area contributed by atoms with Gasteiger partial charge in [0.15, 0.2) is 17.9 Å². The van der Waals surface area contributed by atoms with E-state index >= 15 is 0 Å². The van der Waals surface area contributed by atoms with Crippen LogP contribution < -0.4 is 82.7 Å². The fraction of sp³-hybridized carbons (Fsp3) is 0.559. The van der Waals surface area contributed by atoms with Crippen molar-refractivity contribution < 1.29 is 68.1 Å². The first kappa shape index (κ1) is 78.3. The molecule has 0 aliphatic carbocycles. The number of benzene rings is 2. The molecule has 9 amide bonds. The average Bonchev–Trinajstić information content (AvgIpc) is 1.57. The molecular formula is C59H95N19O14. The summed E-state index contributed by atoms with van der Waals surface area (Å²) in [6, 6.07) is 4.56. The summed E-state index contributed by atoms with van der Waals surface area (Å²) in [5.41, 5.74) is 40.6. The third kappa shape index (κ3) is 31.1. The number of aliphatic imine (C=N–C) groups is 3. The molecule has 1 saturated heterocycles. The lowest BCUT2D eigenvalue weighted by atomic mass is 9.96. The van der Waals surface area contributed by atoms with Crippen LogP contribution in [0.25, 0.3) is 0 Å². The minimum Gasteiger partial charge on any atom is -0.508 e. The van der Waals surface area contributed by atoms with E-state index in [0.29, 0.717) is 24.0 Å². The van der Waals surface area contributed by atoms with Gasteiger partial charge in [0.1, 0.15) is 48.0 Å². The SMILES string of the molecule is CC(=O)O.CCC(C)C(NC(=O)C(CCCN=C(N)N)NC(=O)C(CCCN=C(N)N)NC(=O)C(CC(C)C)NC(=O)C(Cc1ccccc1)NC(=O)CNC(=O)CNC(=O)C(N)Cc1ccc(O)cc1)C(=O)NC(CCCN=C(N)N)C(=O)N1CCCC1C(=O)O. The molecule has 0 bridgehead atoms. The van der Waals surface area contributed by atoms with Crippen molar-refractivity contribution in [3.63, 3.8) is 0 Å². The summed E-state index contributed by atoms with van der Waals surface area (Å²) in [6.07, 6.45) is 1.31. The first-order valence-electron chi connectivity index (χ1n) is 30.2. The number of carbonyl (C=O) groups excluding carboxylic acids is 9. The first-order valence-corrected chi connectivity index (χ1v) is 30.2. The molecule has 0 spiro atoms. The number of likely N-dealkylation sites (tertiary alicyclic amines) is 1. The normalized spacial score (nSPS) is 15.0. The van der Waals surface area contributed by atoms with Gasteiger partial charge in [0, 0.05) is 39.5 Å². The van der Waals surface area contributed by atoms with Crippen molar-refractivity contribution in [1.29, 1.82) is 0 Å². The predicted molar refractivity (Wildman–Crippen MR) is 342 cm³/mol. The van der Waals surface area contributed by atoms with Crippen molar-refractivity contribution >= 4 is 83.0 Å². The summed E-state index contributed by atoms with van der Waals surface area (Å²) in [5, 5.41) is 47.9. The molecule has 3 rings (SSSR count). The van der Waals surface area contributed by atoms with Crippen LogP contribution >= 0.6 is 0 Å². The zero-order valence-electron chi connectivity index (χ0n) is 52.9. The lowest BCUT2D eigenvalue weighted by Gasteiger charge is -2.31. The van der Waals surface area contributed by atoms with Crippen LogP contribution in [0.5, 0.6) is 5.75 Å². The molecule has 92 heavy (non-hydrogen) atoms. The molecule has 1 fully saturated rings. The van der Waals surface area contributed by atoms with Crippen LogP contribution in [0.2, 0.25) is 0 Å². The average molecular weight is 1290 g/mol. The number of phenols is 1. The molecule has 2 aromatic rings. The Kier molecular flexibility index (Phi) is 35.3. The zero-order valence-corrected chi connectivity index (χ0v) is 52.9. The summed E-state index contributed by atoms with van der Waals surface area (Å²) in [6.45, 7) is 7.24. The highest BCUT2D eigenvalue weighted by Crippen LogP contribution is 2.21. The van der Waals surface area contributed by atoms with Crippen molar-refractivity contribution in [2.45, 2.75) is 160 Å². The molecule has 9 atom stereocenters. The van der Waals surface area contributed by atoms with Gasteiger partial charge in [-0.05, 0) is 99.3 Å². The van der Waals surface area contributed by atoms with E-state index in [4.69, 9.17) is 50.0 Å². The Labute approximate surface area is 534 Å². The molecule has 0 saturated carbocycles. The minimum atomic E-state index is -1.41. The molecule has 9 unspecified atom stereocenters. The van der Waals surface area contributed by atoms with E-state index in [1.54, 1.807) is 70.2 Å². The number of phenolic OH excluding ortho intramolecular Hbond substituents is 1. The van der Waals surface area contributed by atoms with Crippen molar-refractivity contribution in [3.8, 4) is 5.75 Å². The van der Waals surface area contributed by atoms with Crippen LogP contribution in [0, 0.1) is 11.8 Å². The van der Waals surface area contributed by atoms with Crippen LogP contribution in [0.4, 0.5) is 0 Å². The molecule has 25 N–H and O–H groups in total. The molecule has 0 aromatic heterocycles. The number of hydrogen-bond acceptors (Lipinski definition) is 16. The molecule has 1 aliphatic rings. The summed E-state index contributed by atoms with van der Waals surface area (Å²) >= 11 is 0. The third-order valence-electron chi connectivity index (χ3n) is 14.2. The number of carboxylic acid groups (broad SMARTS) is 2. The van der Waals surface area contributed by atoms with E-state index in [9.17, 15) is 58.2 Å². The molecule has 33 heteroatoms. The molecule has 510 valence electrons. The lowest BCUT2D eigenvalue weighted by Crippen LogP contribution is -2.61. The van der Waals surface area contributed by atoms with Crippen molar-refractivity contribution in [2.75, 3.05) is 39.3 Å². The second-order valence-electron chi connectivity index (χ2n) is 22.4. The number of amides is 9. The Morgan fingerprint density at radius 1 is 0.565 bits per heavy atom. The number of nitrogens with zero attached hydrogens (tertiary/aromatic N) is 4. The number of nitrogens with two attached hydrogens (primary N) is 7. The van der Waals surface area contributed by atoms with Gasteiger partial charge in [-0.1, -0.05) is 76.6 Å². The van der Waals surface area contributed by atoms with Crippen LogP contribution in [0.15, 0.2) is 69.6 Å². The third-order valence-corrected chi connectivity index (χ3v) is 14.2. The summed E-state index contributed by atoms with van der Waals surface area (Å²) in [5.74, 6) is -10.4. The van der Waals surface area contributed by atoms with Gasteiger partial charge in [0.05, 0.1) is 19.1 Å². The van der Waals surface area contributed by atoms with Crippen LogP contribution in [0.1, 0.15) is 110 Å². The highest BCUT2D eigenvalue weighted by molar-refractivity contribution is 5.98. The summed E-state index contributed by atoms with van der Waals surface area (Å²) in [4.78, 5) is 159. The number of nitrogens with one attached hydrogen (secondary N) is 8. The quantitative estimate of drug-likeness (QED) is 0.0173. The Hall–Kier alpha value is -9.82. The number of rotatable bonds is 38. The number of carboxylic acids is 2. The minimum absolute atomic E-state index is 0.00594. The molecular weight excluding hydrogens is 1200 g/mol. The van der Waals surface area contributed by atoms with Crippen LogP contribution in [-0.4, -0.2) is 191 Å². The van der Waals surface area contributed by atoms with E-state index in [0.717, 1.165) is 6.92 Å². The second-order valence-corrected chi connectivity index (χ2v) is 22.4. The van der Waals surface area contributed by atoms with Gasteiger partial charge in [-0.15, -0.1) is 0 Å². The maximum Gasteiger partial charge on any atom is 0.326 e. The summed E-state index contributed by atoms with van der Waals surface area (Å²) < 4.78 is 0. The molecule has 1 aliphatic heterocycles. The van der Waals surface area contributed by atoms with Gasteiger partial charge in [-0.3, -0.25) is 62.9 Å². The van der Waals surface area contributed by atoms with Gasteiger partial charge >= 0.3 is 5.97 Å². The van der Waals surface area contributed by atoms with E-state index in [-0.39, 0.29) is 120 Å². The largest absolute Gasteiger partial charge is 0.508 e. The Morgan fingerprint density at radius 3 is 1.52 bits per heavy atom. The van der Waals surface area contributed by atoms with Crippen molar-refractivity contribution in [2.24, 2.45) is 66.9 Å². The van der Waals surface area contributed by atoms with Crippen LogP contribution in [0.3, 0.4) is 0 Å². The van der Waals surface area contributed by atoms with Gasteiger partial charge in [-0.25, -0.2) is 4.79 Å². The topological polar surface area (TPSA) is 567 Å². The summed E-state index contributed by atoms with van der Waals surface area (Å²) in [7, 11) is 0. The fourth-order valence-corrected chi connectivity index (χ4v) is 9.35. The Morgan fingerprint density at radius 2 is 1.02 bits per heavy atom. The van der Waals surface area contributed by atoms with E-state index in [1.165, 1.54) is 17.0 Å². The highest BCUT2D eigenvalue weighted by Gasteiger charge is 2.40. The molecule has 2 aromatic carbocycles. The lowest BCUT2D eigenvalue weighted by molar-refractivity contribution is -0.149. The monoisotopic (exact) mass is 1290 g/mol. The standard InChI is InChI=1S/C57H91N19O12.C2H4O2/c1-5-33(4)46(52(85)73-40(17-11-25-67-57(63)64)53(86)76-26-12-18-43(76)54(87)88)75-49(82)39(16-10-24-66-56(61)62)71-48(81)38(15-9-23-65-55(59)60)72-50(83)41(27-32(2)3)74-51(84)42(29-34-13-7-6-8-14-34)70-45(79)31-68-44(78)30-69-47(80)37(58)28-35-19-21-36(77)22-20-35;1-2(3)4/h6-8,13-14,19-22,32-33,37-43,46,77H,5,9-12,15-18,23-31,58H2,1-4H3,(H,68,78)(H,69,80)(H,70,79)(H,71,81)(H,72,83)(H,73,85)(H,74,84)(H,75,82)(H,87,88)(H4,59,60,65)(H4,61,62,66)(H4,63,64,67);1H3,(H,3,4). The maximum absolute atomic E-state index is 14.6. The van der Waals surface area contributed by atoms with Gasteiger partial charge in [0.2, 0.25) is 53.2 Å². The van der Waals surface area contributed by atoms with E-state index in [2.05, 4.69) is 57.5 Å². The van der Waals surface area contributed by atoms with Crippen LogP contribution in [-0.2, 0) is 65.6 Å². The van der Waals surface area contributed by atoms with Crippen molar-refractivity contribution in [1.82, 2.24) is 47.4 Å². The maximum atomic E-state index is 14.6. The number of guanidine groups is 3.